The lowest BCUT2D eigenvalue weighted by atomic mass is 9.77. The Morgan fingerprint density at radius 2 is 1.91 bits per heavy atom. The Bertz CT molecular complexity index is 855. The van der Waals surface area contributed by atoms with E-state index in [-0.39, 0.29) is 30.2 Å². The number of aliphatic hydroxyl groups excluding tert-OH is 1. The van der Waals surface area contributed by atoms with E-state index in [0.717, 1.165) is 12.8 Å². The summed E-state index contributed by atoms with van der Waals surface area (Å²) in [4.78, 5) is 46.3. The van der Waals surface area contributed by atoms with Crippen molar-refractivity contribution in [3.8, 4) is 0 Å². The molecule has 33 heavy (non-hydrogen) atoms. The van der Waals surface area contributed by atoms with E-state index in [1.54, 1.807) is 21.7 Å². The molecule has 0 radical (unpaired) electrons. The molecule has 182 valence electrons. The lowest BCUT2D eigenvalue weighted by Crippen LogP contribution is -2.58. The van der Waals surface area contributed by atoms with Gasteiger partial charge in [0.2, 0.25) is 17.7 Å². The molecule has 8 heteroatoms. The summed E-state index contributed by atoms with van der Waals surface area (Å²) in [6, 6.07) is -1.40. The van der Waals surface area contributed by atoms with Crippen molar-refractivity contribution >= 4 is 17.7 Å². The third kappa shape index (κ3) is 3.81. The number of fused-ring (bicyclic) bond motifs is 2. The summed E-state index contributed by atoms with van der Waals surface area (Å²) in [5, 5.41) is 10.3. The van der Waals surface area contributed by atoms with Crippen molar-refractivity contribution in [1.82, 2.24) is 14.7 Å². The Kier molecular flexibility index (Phi) is 6.69. The second-order valence-corrected chi connectivity index (χ2v) is 10.2. The first-order valence-corrected chi connectivity index (χ1v) is 12.3. The van der Waals surface area contributed by atoms with Crippen LogP contribution in [0, 0.1) is 17.8 Å². The number of carbonyl (C=O) groups excluding carboxylic acids is 3. The number of carbonyl (C=O) groups is 3. The van der Waals surface area contributed by atoms with Gasteiger partial charge >= 0.3 is 0 Å². The fourth-order valence-electron chi connectivity index (χ4n) is 6.01. The number of likely N-dealkylation sites (tertiary alicyclic amines) is 1. The predicted octanol–water partition coefficient (Wildman–Crippen LogP) is 1.20. The zero-order valence-electron chi connectivity index (χ0n) is 20.1. The maximum atomic E-state index is 14.1. The number of aliphatic hydroxyl groups is 1. The van der Waals surface area contributed by atoms with E-state index in [2.05, 4.69) is 6.92 Å². The highest BCUT2D eigenvalue weighted by molar-refractivity contribution is 6.00. The number of unbranched alkanes of at least 4 members (excludes halogenated alkanes) is 1. The van der Waals surface area contributed by atoms with Crippen molar-refractivity contribution in [1.29, 1.82) is 0 Å². The molecule has 1 unspecified atom stereocenters. The Balaban J connectivity index is 1.83. The molecule has 2 saturated heterocycles. The molecule has 0 aromatic carbocycles. The molecule has 6 atom stereocenters. The maximum absolute atomic E-state index is 14.1. The minimum absolute atomic E-state index is 0.141. The zero-order valence-corrected chi connectivity index (χ0v) is 20.1. The van der Waals surface area contributed by atoms with Gasteiger partial charge in [-0.05, 0) is 18.8 Å². The average Bonchev–Trinajstić information content (AvgIpc) is 3.11. The lowest BCUT2D eigenvalue weighted by Gasteiger charge is -2.39. The monoisotopic (exact) mass is 459 g/mol. The first kappa shape index (κ1) is 24.0. The standard InChI is InChI=1S/C25H37N3O5/c1-5-6-12-27-13-8-10-25-20(19-18(33-25)9-7-11-26(4)22(19)30)23(31)28(21(25)24(27)32)17(15-29)14-16(2)3/h7-10,16-21,29H,5-6,11-15H2,1-4H3/t17-,18-,19+,20+,21?,25+/m1/s1. The Morgan fingerprint density at radius 1 is 1.15 bits per heavy atom. The number of likely N-dealkylation sites (N-methyl/N-ethyl adjacent to an activating group) is 1. The second-order valence-electron chi connectivity index (χ2n) is 10.2. The molecule has 8 nitrogen and oxygen atoms in total. The van der Waals surface area contributed by atoms with Crippen molar-refractivity contribution in [2.75, 3.05) is 33.3 Å². The molecule has 4 aliphatic rings. The average molecular weight is 460 g/mol. The normalized spacial score (nSPS) is 34.5. The fraction of sp³-hybridized carbons (Fsp3) is 0.720. The smallest absolute Gasteiger partial charge is 0.249 e. The quantitative estimate of drug-likeness (QED) is 0.578. The molecule has 3 amide bonds. The van der Waals surface area contributed by atoms with Gasteiger partial charge in [0.05, 0.1) is 30.6 Å². The highest BCUT2D eigenvalue weighted by atomic mass is 16.5. The first-order valence-electron chi connectivity index (χ1n) is 12.3. The summed E-state index contributed by atoms with van der Waals surface area (Å²) in [7, 11) is 1.73. The molecule has 0 aliphatic carbocycles. The van der Waals surface area contributed by atoms with Gasteiger partial charge < -0.3 is 24.5 Å². The van der Waals surface area contributed by atoms with Crippen LogP contribution in [0.4, 0.5) is 0 Å². The molecule has 2 fully saturated rings. The van der Waals surface area contributed by atoms with Crippen molar-refractivity contribution in [2.24, 2.45) is 17.8 Å². The van der Waals surface area contributed by atoms with E-state index in [4.69, 9.17) is 4.74 Å². The van der Waals surface area contributed by atoms with Crippen LogP contribution >= 0.6 is 0 Å². The van der Waals surface area contributed by atoms with Crippen LogP contribution in [0.15, 0.2) is 24.3 Å². The van der Waals surface area contributed by atoms with E-state index in [1.807, 2.05) is 38.2 Å². The Hall–Kier alpha value is -2.19. The number of ether oxygens (including phenoxy) is 1. The van der Waals surface area contributed by atoms with Crippen LogP contribution in [-0.4, -0.2) is 94.6 Å². The Morgan fingerprint density at radius 3 is 2.58 bits per heavy atom. The molecule has 1 spiro atoms. The van der Waals surface area contributed by atoms with Gasteiger partial charge in [-0.15, -0.1) is 0 Å². The number of hydrogen-bond acceptors (Lipinski definition) is 5. The molecule has 4 rings (SSSR count). The largest absolute Gasteiger partial charge is 0.394 e. The van der Waals surface area contributed by atoms with Crippen molar-refractivity contribution in [3.63, 3.8) is 0 Å². The van der Waals surface area contributed by atoms with Gasteiger partial charge in [0.25, 0.3) is 0 Å². The van der Waals surface area contributed by atoms with Crippen LogP contribution in [-0.2, 0) is 19.1 Å². The van der Waals surface area contributed by atoms with Crippen molar-refractivity contribution in [2.45, 2.75) is 63.8 Å². The van der Waals surface area contributed by atoms with Crippen LogP contribution in [0.25, 0.3) is 0 Å². The van der Waals surface area contributed by atoms with Crippen molar-refractivity contribution < 1.29 is 24.2 Å². The third-order valence-corrected chi connectivity index (χ3v) is 7.51. The van der Waals surface area contributed by atoms with Gasteiger partial charge in [-0.2, -0.15) is 0 Å². The summed E-state index contributed by atoms with van der Waals surface area (Å²) in [5.74, 6) is -1.82. The molecular weight excluding hydrogens is 422 g/mol. The van der Waals surface area contributed by atoms with Crippen LogP contribution < -0.4 is 0 Å². The summed E-state index contributed by atoms with van der Waals surface area (Å²) < 4.78 is 6.57. The van der Waals surface area contributed by atoms with Crippen LogP contribution in [0.2, 0.25) is 0 Å². The van der Waals surface area contributed by atoms with Gasteiger partial charge in [0.15, 0.2) is 0 Å². The topological polar surface area (TPSA) is 90.4 Å². The number of amides is 3. The minimum atomic E-state index is -1.22. The molecule has 0 aromatic rings. The van der Waals surface area contributed by atoms with Crippen LogP contribution in [0.5, 0.6) is 0 Å². The second kappa shape index (κ2) is 9.22. The predicted molar refractivity (Wildman–Crippen MR) is 123 cm³/mol. The molecule has 0 aromatic heterocycles. The molecule has 0 bridgehead atoms. The van der Waals surface area contributed by atoms with E-state index in [0.29, 0.717) is 26.1 Å². The van der Waals surface area contributed by atoms with Crippen LogP contribution in [0.3, 0.4) is 0 Å². The first-order chi connectivity index (χ1) is 15.8. The number of rotatable bonds is 7. The van der Waals surface area contributed by atoms with Gasteiger partial charge in [0.1, 0.15) is 11.6 Å². The maximum Gasteiger partial charge on any atom is 0.249 e. The summed E-state index contributed by atoms with van der Waals surface area (Å²) >= 11 is 0. The van der Waals surface area contributed by atoms with Gasteiger partial charge in [-0.25, -0.2) is 0 Å². The minimum Gasteiger partial charge on any atom is -0.394 e. The Labute approximate surface area is 196 Å². The lowest BCUT2D eigenvalue weighted by molar-refractivity contribution is -0.151. The molecular formula is C25H37N3O5. The molecule has 1 N–H and O–H groups in total. The zero-order chi connectivity index (χ0) is 23.9. The van der Waals surface area contributed by atoms with E-state index in [1.165, 1.54) is 0 Å². The number of nitrogens with zero attached hydrogens (tertiary/aromatic N) is 3. The van der Waals surface area contributed by atoms with E-state index in [9.17, 15) is 19.5 Å². The van der Waals surface area contributed by atoms with E-state index >= 15 is 0 Å². The highest BCUT2D eigenvalue weighted by Crippen LogP contribution is 2.54. The summed E-state index contributed by atoms with van der Waals surface area (Å²) in [6.07, 6.45) is 9.36. The van der Waals surface area contributed by atoms with E-state index < -0.39 is 35.6 Å². The molecule has 4 aliphatic heterocycles. The third-order valence-electron chi connectivity index (χ3n) is 7.51. The highest BCUT2D eigenvalue weighted by Gasteiger charge is 2.72. The number of hydrogen-bond donors (Lipinski definition) is 1. The fourth-order valence-corrected chi connectivity index (χ4v) is 6.01. The summed E-state index contributed by atoms with van der Waals surface area (Å²) in [5.41, 5.74) is -1.22. The van der Waals surface area contributed by atoms with Crippen LogP contribution in [0.1, 0.15) is 40.0 Å². The van der Waals surface area contributed by atoms with Crippen molar-refractivity contribution in [3.05, 3.63) is 24.3 Å². The van der Waals surface area contributed by atoms with Gasteiger partial charge in [-0.1, -0.05) is 51.5 Å². The van der Waals surface area contributed by atoms with Gasteiger partial charge in [-0.3, -0.25) is 14.4 Å². The van der Waals surface area contributed by atoms with Gasteiger partial charge in [0, 0.05) is 26.7 Å². The SMILES string of the molecule is CCCCN1CC=C[C@]23O[C@@H]4C=CCN(C)C(=O)[C@@H]4[C@H]2C(=O)N([C@@H](CO)CC(C)C)C3C1=O. The molecule has 0 saturated carbocycles. The molecule has 4 heterocycles. The summed E-state index contributed by atoms with van der Waals surface area (Å²) in [6.45, 7) is 7.41.